The summed E-state index contributed by atoms with van der Waals surface area (Å²) in [6.45, 7) is -0.168. The summed E-state index contributed by atoms with van der Waals surface area (Å²) < 4.78 is 17.6. The maximum Gasteiger partial charge on any atom is 0.325 e. The Morgan fingerprint density at radius 3 is 2.30 bits per heavy atom. The molecule has 0 saturated heterocycles. The molecular formula is C19H17N3O7S. The number of hydrogen-bond acceptors (Lipinski definition) is 8. The molecule has 0 aliphatic rings. The minimum absolute atomic E-state index is 0.131. The van der Waals surface area contributed by atoms with Gasteiger partial charge in [-0.15, -0.1) is 0 Å². The number of hydrogen-bond donors (Lipinski definition) is 0. The topological polar surface area (TPSA) is 122 Å². The maximum absolute atomic E-state index is 12.6. The van der Waals surface area contributed by atoms with Crippen LogP contribution in [0.2, 0.25) is 0 Å². The number of non-ortho nitro benzene ring substituents is 1. The molecule has 1 heterocycles. The van der Waals surface area contributed by atoms with E-state index in [4.69, 9.17) is 14.2 Å². The van der Waals surface area contributed by atoms with Crippen LogP contribution in [0.1, 0.15) is 10.4 Å². The van der Waals surface area contributed by atoms with Crippen LogP contribution in [0.15, 0.2) is 41.4 Å². The van der Waals surface area contributed by atoms with Gasteiger partial charge >= 0.3 is 5.97 Å². The van der Waals surface area contributed by atoms with E-state index in [1.165, 1.54) is 61.5 Å². The fraction of sp³-hybridized carbons (Fsp3) is 0.211. The number of amides is 1. The number of fused-ring (bicyclic) bond motifs is 1. The Balaban J connectivity index is 2.14. The zero-order chi connectivity index (χ0) is 21.8. The van der Waals surface area contributed by atoms with E-state index >= 15 is 0 Å². The zero-order valence-electron chi connectivity index (χ0n) is 16.3. The Bertz CT molecular complexity index is 1200. The van der Waals surface area contributed by atoms with E-state index in [1.54, 1.807) is 12.1 Å². The van der Waals surface area contributed by atoms with E-state index < -0.39 is 16.8 Å². The van der Waals surface area contributed by atoms with Crippen LogP contribution in [0.3, 0.4) is 0 Å². The number of nitrogens with zero attached hydrogens (tertiary/aromatic N) is 3. The van der Waals surface area contributed by atoms with Gasteiger partial charge in [-0.05, 0) is 12.1 Å². The van der Waals surface area contributed by atoms with Gasteiger partial charge < -0.3 is 18.8 Å². The highest BCUT2D eigenvalue weighted by Crippen LogP contribution is 2.33. The second-order valence-corrected chi connectivity index (χ2v) is 6.95. The number of rotatable bonds is 6. The van der Waals surface area contributed by atoms with Gasteiger partial charge in [0.1, 0.15) is 6.54 Å². The highest BCUT2D eigenvalue weighted by Gasteiger charge is 2.16. The van der Waals surface area contributed by atoms with Crippen molar-refractivity contribution < 1.29 is 28.7 Å². The van der Waals surface area contributed by atoms with Crippen molar-refractivity contribution in [2.75, 3.05) is 21.3 Å². The molecule has 0 spiro atoms. The van der Waals surface area contributed by atoms with Crippen molar-refractivity contribution in [1.82, 2.24) is 4.57 Å². The SMILES string of the molecule is COC(=O)Cn1c(=NC(=O)c2ccc([N+](=O)[O-])cc2)sc2cc(OC)c(OC)cc21. The van der Waals surface area contributed by atoms with Gasteiger partial charge in [-0.3, -0.25) is 19.7 Å². The van der Waals surface area contributed by atoms with Crippen LogP contribution in [0.5, 0.6) is 11.5 Å². The second kappa shape index (κ2) is 8.74. The molecule has 156 valence electrons. The molecule has 2 aromatic carbocycles. The van der Waals surface area contributed by atoms with Crippen LogP contribution in [0.4, 0.5) is 5.69 Å². The average Bonchev–Trinajstić information content (AvgIpc) is 3.08. The molecule has 0 saturated carbocycles. The molecule has 0 aliphatic heterocycles. The van der Waals surface area contributed by atoms with Crippen LogP contribution >= 0.6 is 11.3 Å². The summed E-state index contributed by atoms with van der Waals surface area (Å²) in [6, 6.07) is 8.52. The number of aromatic nitrogens is 1. The molecule has 1 aromatic heterocycles. The predicted molar refractivity (Wildman–Crippen MR) is 108 cm³/mol. The summed E-state index contributed by atoms with van der Waals surface area (Å²) in [5, 5.41) is 10.8. The molecule has 0 N–H and O–H groups in total. The van der Waals surface area contributed by atoms with E-state index in [0.717, 1.165) is 0 Å². The van der Waals surface area contributed by atoms with Crippen molar-refractivity contribution in [2.45, 2.75) is 6.54 Å². The Kier molecular flexibility index (Phi) is 6.11. The first-order valence-corrected chi connectivity index (χ1v) is 9.35. The summed E-state index contributed by atoms with van der Waals surface area (Å²) in [5.41, 5.74) is 0.657. The van der Waals surface area contributed by atoms with Crippen molar-refractivity contribution in [3.05, 3.63) is 56.9 Å². The first-order chi connectivity index (χ1) is 14.4. The smallest absolute Gasteiger partial charge is 0.325 e. The van der Waals surface area contributed by atoms with E-state index in [9.17, 15) is 19.7 Å². The van der Waals surface area contributed by atoms with Crippen LogP contribution < -0.4 is 14.3 Å². The number of carbonyl (C=O) groups is 2. The van der Waals surface area contributed by atoms with Crippen LogP contribution in [-0.2, 0) is 16.1 Å². The zero-order valence-corrected chi connectivity index (χ0v) is 17.1. The number of nitro groups is 1. The van der Waals surface area contributed by atoms with Gasteiger partial charge in [0.2, 0.25) is 0 Å². The van der Waals surface area contributed by atoms with Gasteiger partial charge in [0.05, 0.1) is 36.5 Å². The third-order valence-electron chi connectivity index (χ3n) is 4.23. The highest BCUT2D eigenvalue weighted by molar-refractivity contribution is 7.16. The molecule has 0 aliphatic carbocycles. The lowest BCUT2D eigenvalue weighted by atomic mass is 10.2. The number of benzene rings is 2. The lowest BCUT2D eigenvalue weighted by Crippen LogP contribution is -2.22. The van der Waals surface area contributed by atoms with Crippen LogP contribution in [0, 0.1) is 10.1 Å². The number of esters is 1. The highest BCUT2D eigenvalue weighted by atomic mass is 32.1. The van der Waals surface area contributed by atoms with Gasteiger partial charge in [-0.2, -0.15) is 4.99 Å². The number of ether oxygens (including phenoxy) is 3. The molecule has 11 heteroatoms. The molecule has 0 fully saturated rings. The number of methoxy groups -OCH3 is 3. The van der Waals surface area contributed by atoms with Crippen molar-refractivity contribution in [1.29, 1.82) is 0 Å². The van der Waals surface area contributed by atoms with E-state index in [-0.39, 0.29) is 22.6 Å². The van der Waals surface area contributed by atoms with Gasteiger partial charge in [0, 0.05) is 29.8 Å². The lowest BCUT2D eigenvalue weighted by molar-refractivity contribution is -0.384. The molecule has 0 bridgehead atoms. The fourth-order valence-corrected chi connectivity index (χ4v) is 3.74. The molecule has 1 amide bonds. The number of thiazole rings is 1. The van der Waals surface area contributed by atoms with Gasteiger partial charge in [0.25, 0.3) is 11.6 Å². The summed E-state index contributed by atoms with van der Waals surface area (Å²) >= 11 is 1.18. The lowest BCUT2D eigenvalue weighted by Gasteiger charge is -2.09. The quantitative estimate of drug-likeness (QED) is 0.334. The monoisotopic (exact) mass is 431 g/mol. The maximum atomic E-state index is 12.6. The molecule has 3 aromatic rings. The van der Waals surface area contributed by atoms with Crippen LogP contribution in [-0.4, -0.2) is 42.7 Å². The number of carbonyl (C=O) groups excluding carboxylic acids is 2. The van der Waals surface area contributed by atoms with E-state index in [2.05, 4.69) is 4.99 Å². The Hall–Kier alpha value is -3.73. The minimum atomic E-state index is -0.603. The first kappa shape index (κ1) is 21.0. The summed E-state index contributed by atoms with van der Waals surface area (Å²) in [5.74, 6) is -0.179. The average molecular weight is 431 g/mol. The van der Waals surface area contributed by atoms with Crippen molar-refractivity contribution in [3.8, 4) is 11.5 Å². The first-order valence-electron chi connectivity index (χ1n) is 8.53. The van der Waals surface area contributed by atoms with Gasteiger partial charge in [-0.1, -0.05) is 11.3 Å². The van der Waals surface area contributed by atoms with Gasteiger partial charge in [-0.25, -0.2) is 0 Å². The third-order valence-corrected chi connectivity index (χ3v) is 5.27. The normalized spacial score (nSPS) is 11.4. The molecule has 0 radical (unpaired) electrons. The molecular weight excluding hydrogens is 414 g/mol. The summed E-state index contributed by atoms with van der Waals surface area (Å²) in [7, 11) is 4.26. The molecule has 0 atom stereocenters. The Labute approximate surface area is 174 Å². The molecule has 10 nitrogen and oxygen atoms in total. The molecule has 3 rings (SSSR count). The fourth-order valence-electron chi connectivity index (χ4n) is 2.71. The largest absolute Gasteiger partial charge is 0.493 e. The Morgan fingerprint density at radius 1 is 1.10 bits per heavy atom. The van der Waals surface area contributed by atoms with E-state index in [0.29, 0.717) is 21.7 Å². The number of nitro benzene ring substituents is 1. The molecule has 30 heavy (non-hydrogen) atoms. The predicted octanol–water partition coefficient (Wildman–Crippen LogP) is 2.54. The van der Waals surface area contributed by atoms with Crippen LogP contribution in [0.25, 0.3) is 10.2 Å². The molecule has 0 unspecified atom stereocenters. The summed E-state index contributed by atoms with van der Waals surface area (Å²) in [6.07, 6.45) is 0. The van der Waals surface area contributed by atoms with Crippen molar-refractivity contribution >= 4 is 39.1 Å². The Morgan fingerprint density at radius 2 is 1.73 bits per heavy atom. The van der Waals surface area contributed by atoms with Gasteiger partial charge in [0.15, 0.2) is 16.3 Å². The third kappa shape index (κ3) is 4.15. The van der Waals surface area contributed by atoms with Crippen molar-refractivity contribution in [2.24, 2.45) is 4.99 Å². The minimum Gasteiger partial charge on any atom is -0.493 e. The van der Waals surface area contributed by atoms with Crippen molar-refractivity contribution in [3.63, 3.8) is 0 Å². The standard InChI is InChI=1S/C19H17N3O7S/c1-27-14-8-13-16(9-15(14)28-2)30-19(21(13)10-17(23)29-3)20-18(24)11-4-6-12(7-5-11)22(25)26/h4-9H,10H2,1-3H3. The second-order valence-electron chi connectivity index (χ2n) is 5.94. The summed E-state index contributed by atoms with van der Waals surface area (Å²) in [4.78, 5) is 39.2. The van der Waals surface area contributed by atoms with E-state index in [1.807, 2.05) is 0 Å².